The highest BCUT2D eigenvalue weighted by Crippen LogP contribution is 2.20. The van der Waals surface area contributed by atoms with E-state index >= 15 is 0 Å². The fraction of sp³-hybridized carbons (Fsp3) is 1.00. The fourth-order valence-electron chi connectivity index (χ4n) is 2.19. The minimum atomic E-state index is 0.499. The van der Waals surface area contributed by atoms with Crippen LogP contribution in [0.2, 0.25) is 0 Å². The number of ether oxygens (including phenoxy) is 2. The molecule has 1 N–H and O–H groups in total. The number of nitrogens with one attached hydrogen (secondary N) is 1. The van der Waals surface area contributed by atoms with Gasteiger partial charge in [0.05, 0.1) is 12.7 Å². The number of hydrogen-bond acceptors (Lipinski definition) is 3. The Morgan fingerprint density at radius 1 is 1.12 bits per heavy atom. The van der Waals surface area contributed by atoms with Gasteiger partial charge >= 0.3 is 0 Å². The highest BCUT2D eigenvalue weighted by Gasteiger charge is 2.19. The van der Waals surface area contributed by atoms with Crippen LogP contribution in [-0.2, 0) is 9.47 Å². The Morgan fingerprint density at radius 2 is 1.88 bits per heavy atom. The second-order valence-electron chi connectivity index (χ2n) is 4.63. The Labute approximate surface area is 99.9 Å². The summed E-state index contributed by atoms with van der Waals surface area (Å²) < 4.78 is 10.9. The van der Waals surface area contributed by atoms with Gasteiger partial charge in [0.15, 0.2) is 0 Å². The summed E-state index contributed by atoms with van der Waals surface area (Å²) in [7, 11) is 1.82. The molecule has 96 valence electrons. The summed E-state index contributed by atoms with van der Waals surface area (Å²) in [5.41, 5.74) is 0. The van der Waals surface area contributed by atoms with Crippen molar-refractivity contribution in [3.05, 3.63) is 0 Å². The number of rotatable bonds is 8. The van der Waals surface area contributed by atoms with Crippen LogP contribution >= 0.6 is 0 Å². The van der Waals surface area contributed by atoms with Crippen LogP contribution in [0.1, 0.15) is 45.4 Å². The first-order valence-corrected chi connectivity index (χ1v) is 6.70. The standard InChI is InChI=1S/C13H27NO2/c1-3-4-10-16-11-9-14-12-5-7-13(15-2)8-6-12/h12-14H,3-11H2,1-2H3. The molecule has 0 aromatic heterocycles. The second kappa shape index (κ2) is 8.97. The lowest BCUT2D eigenvalue weighted by atomic mass is 9.93. The van der Waals surface area contributed by atoms with E-state index in [1.165, 1.54) is 38.5 Å². The van der Waals surface area contributed by atoms with E-state index in [0.717, 1.165) is 19.8 Å². The third-order valence-electron chi connectivity index (χ3n) is 3.33. The van der Waals surface area contributed by atoms with Gasteiger partial charge in [-0.15, -0.1) is 0 Å². The molecular formula is C13H27NO2. The highest BCUT2D eigenvalue weighted by atomic mass is 16.5. The van der Waals surface area contributed by atoms with Crippen molar-refractivity contribution in [1.29, 1.82) is 0 Å². The molecule has 0 aliphatic heterocycles. The molecular weight excluding hydrogens is 202 g/mol. The molecule has 0 saturated heterocycles. The maximum atomic E-state index is 5.52. The van der Waals surface area contributed by atoms with Gasteiger partial charge < -0.3 is 14.8 Å². The predicted octanol–water partition coefficient (Wildman–Crippen LogP) is 2.35. The van der Waals surface area contributed by atoms with Crippen LogP contribution < -0.4 is 5.32 Å². The number of hydrogen-bond donors (Lipinski definition) is 1. The van der Waals surface area contributed by atoms with Crippen molar-refractivity contribution >= 4 is 0 Å². The molecule has 0 aromatic carbocycles. The molecule has 0 aromatic rings. The van der Waals surface area contributed by atoms with Crippen molar-refractivity contribution in [1.82, 2.24) is 5.32 Å². The van der Waals surface area contributed by atoms with E-state index < -0.39 is 0 Å². The van der Waals surface area contributed by atoms with E-state index in [1.807, 2.05) is 7.11 Å². The molecule has 3 nitrogen and oxygen atoms in total. The molecule has 0 spiro atoms. The summed E-state index contributed by atoms with van der Waals surface area (Å²) in [6.45, 7) is 4.95. The lowest BCUT2D eigenvalue weighted by Crippen LogP contribution is -2.36. The van der Waals surface area contributed by atoms with Gasteiger partial charge in [0.25, 0.3) is 0 Å². The zero-order chi connectivity index (χ0) is 11.6. The average Bonchev–Trinajstić information content (AvgIpc) is 2.34. The third-order valence-corrected chi connectivity index (χ3v) is 3.33. The quantitative estimate of drug-likeness (QED) is 0.648. The number of unbranched alkanes of at least 4 members (excludes halogenated alkanes) is 1. The van der Waals surface area contributed by atoms with Gasteiger partial charge in [-0.3, -0.25) is 0 Å². The topological polar surface area (TPSA) is 30.5 Å². The van der Waals surface area contributed by atoms with Crippen molar-refractivity contribution < 1.29 is 9.47 Å². The summed E-state index contributed by atoms with van der Waals surface area (Å²) in [6, 6.07) is 0.682. The van der Waals surface area contributed by atoms with E-state index in [1.54, 1.807) is 0 Å². The minimum Gasteiger partial charge on any atom is -0.381 e. The Balaban J connectivity index is 1.90. The molecule has 16 heavy (non-hydrogen) atoms. The molecule has 1 aliphatic carbocycles. The summed E-state index contributed by atoms with van der Waals surface area (Å²) in [5.74, 6) is 0. The number of methoxy groups -OCH3 is 1. The molecule has 0 atom stereocenters. The average molecular weight is 229 g/mol. The molecule has 0 amide bonds. The first-order chi connectivity index (χ1) is 7.86. The molecule has 1 rings (SSSR count). The molecule has 0 bridgehead atoms. The van der Waals surface area contributed by atoms with E-state index in [2.05, 4.69) is 12.2 Å². The molecule has 0 radical (unpaired) electrons. The van der Waals surface area contributed by atoms with Crippen molar-refractivity contribution in [3.63, 3.8) is 0 Å². The second-order valence-corrected chi connectivity index (χ2v) is 4.63. The van der Waals surface area contributed by atoms with Crippen LogP contribution in [0.5, 0.6) is 0 Å². The van der Waals surface area contributed by atoms with Gasteiger partial charge in [0.1, 0.15) is 0 Å². The smallest absolute Gasteiger partial charge is 0.0590 e. The zero-order valence-corrected chi connectivity index (χ0v) is 10.8. The van der Waals surface area contributed by atoms with Crippen LogP contribution in [0.25, 0.3) is 0 Å². The SMILES string of the molecule is CCCCOCCNC1CCC(OC)CC1. The van der Waals surface area contributed by atoms with Crippen LogP contribution in [-0.4, -0.2) is 39.0 Å². The van der Waals surface area contributed by atoms with E-state index in [-0.39, 0.29) is 0 Å². The van der Waals surface area contributed by atoms with Gasteiger partial charge in [-0.2, -0.15) is 0 Å². The molecule has 0 unspecified atom stereocenters. The maximum absolute atomic E-state index is 5.52. The highest BCUT2D eigenvalue weighted by molar-refractivity contribution is 4.77. The van der Waals surface area contributed by atoms with Gasteiger partial charge in [-0.25, -0.2) is 0 Å². The predicted molar refractivity (Wildman–Crippen MR) is 66.8 cm³/mol. The molecule has 0 heterocycles. The normalized spacial score (nSPS) is 25.9. The summed E-state index contributed by atoms with van der Waals surface area (Å²) >= 11 is 0. The summed E-state index contributed by atoms with van der Waals surface area (Å²) in [4.78, 5) is 0. The Kier molecular flexibility index (Phi) is 7.81. The molecule has 3 heteroatoms. The molecule has 1 saturated carbocycles. The lowest BCUT2D eigenvalue weighted by molar-refractivity contribution is 0.0606. The van der Waals surface area contributed by atoms with E-state index in [9.17, 15) is 0 Å². The lowest BCUT2D eigenvalue weighted by Gasteiger charge is -2.28. The third kappa shape index (κ3) is 5.83. The first kappa shape index (κ1) is 13.9. The van der Waals surface area contributed by atoms with Crippen molar-refractivity contribution in [2.45, 2.75) is 57.6 Å². The maximum Gasteiger partial charge on any atom is 0.0590 e. The van der Waals surface area contributed by atoms with Crippen molar-refractivity contribution in [2.75, 3.05) is 26.9 Å². The van der Waals surface area contributed by atoms with Crippen molar-refractivity contribution in [3.8, 4) is 0 Å². The van der Waals surface area contributed by atoms with E-state index in [0.29, 0.717) is 12.1 Å². The largest absolute Gasteiger partial charge is 0.381 e. The monoisotopic (exact) mass is 229 g/mol. The van der Waals surface area contributed by atoms with Gasteiger partial charge in [0, 0.05) is 26.3 Å². The summed E-state index contributed by atoms with van der Waals surface area (Å²) in [6.07, 6.45) is 7.78. The fourth-order valence-corrected chi connectivity index (χ4v) is 2.19. The summed E-state index contributed by atoms with van der Waals surface area (Å²) in [5, 5.41) is 3.56. The Morgan fingerprint density at radius 3 is 2.50 bits per heavy atom. The van der Waals surface area contributed by atoms with Gasteiger partial charge in [-0.1, -0.05) is 13.3 Å². The van der Waals surface area contributed by atoms with E-state index in [4.69, 9.17) is 9.47 Å². The molecule has 1 aliphatic rings. The van der Waals surface area contributed by atoms with Crippen LogP contribution in [0.4, 0.5) is 0 Å². The Hall–Kier alpha value is -0.120. The van der Waals surface area contributed by atoms with Crippen LogP contribution in [0.3, 0.4) is 0 Å². The van der Waals surface area contributed by atoms with Crippen LogP contribution in [0, 0.1) is 0 Å². The van der Waals surface area contributed by atoms with Gasteiger partial charge in [0.2, 0.25) is 0 Å². The van der Waals surface area contributed by atoms with Crippen LogP contribution in [0.15, 0.2) is 0 Å². The molecule has 1 fully saturated rings. The zero-order valence-electron chi connectivity index (χ0n) is 10.8. The first-order valence-electron chi connectivity index (χ1n) is 6.70. The Bertz CT molecular complexity index is 156. The van der Waals surface area contributed by atoms with Crippen molar-refractivity contribution in [2.24, 2.45) is 0 Å². The van der Waals surface area contributed by atoms with Gasteiger partial charge in [-0.05, 0) is 32.1 Å². The minimum absolute atomic E-state index is 0.499.